The Hall–Kier alpha value is -1.89. The van der Waals surface area contributed by atoms with Gasteiger partial charge >= 0.3 is 0 Å². The second-order valence-corrected chi connectivity index (χ2v) is 7.54. The highest BCUT2D eigenvalue weighted by atomic mass is 32.2. The lowest BCUT2D eigenvalue weighted by Gasteiger charge is -2.34. The fraction of sp³-hybridized carbons (Fsp3) is 0.333. The molecule has 0 saturated carbocycles. The fourth-order valence-corrected chi connectivity index (χ4v) is 3.87. The van der Waals surface area contributed by atoms with E-state index < -0.39 is 10.0 Å². The molecule has 1 atom stereocenters. The summed E-state index contributed by atoms with van der Waals surface area (Å²) in [6, 6.07) is 18.6. The first-order valence-corrected chi connectivity index (χ1v) is 9.60. The predicted molar refractivity (Wildman–Crippen MR) is 94.6 cm³/mol. The quantitative estimate of drug-likeness (QED) is 0.872. The van der Waals surface area contributed by atoms with Crippen molar-refractivity contribution in [2.24, 2.45) is 0 Å². The van der Waals surface area contributed by atoms with E-state index in [4.69, 9.17) is 4.74 Å². The van der Waals surface area contributed by atoms with Crippen LogP contribution in [0.25, 0.3) is 0 Å². The van der Waals surface area contributed by atoms with E-state index in [2.05, 4.69) is 21.8 Å². The summed E-state index contributed by atoms with van der Waals surface area (Å²) in [5, 5.41) is 0. The maximum absolute atomic E-state index is 12.2. The molecule has 0 amide bonds. The highest BCUT2D eigenvalue weighted by molar-refractivity contribution is 7.89. The summed E-state index contributed by atoms with van der Waals surface area (Å²) < 4.78 is 32.8. The lowest BCUT2D eigenvalue weighted by molar-refractivity contribution is 0.0363. The Bertz CT molecular complexity index is 735. The first-order chi connectivity index (χ1) is 11.6. The molecule has 0 aromatic heterocycles. The molecule has 2 aromatic carbocycles. The van der Waals surface area contributed by atoms with E-state index in [1.807, 2.05) is 18.2 Å². The molecule has 1 aliphatic heterocycles. The highest BCUT2D eigenvalue weighted by Gasteiger charge is 2.21. The van der Waals surface area contributed by atoms with Crippen molar-refractivity contribution < 1.29 is 13.2 Å². The molecule has 0 spiro atoms. The van der Waals surface area contributed by atoms with Crippen molar-refractivity contribution in [1.29, 1.82) is 0 Å². The molecule has 1 N–H and O–H groups in total. The van der Waals surface area contributed by atoms with Crippen LogP contribution in [-0.2, 0) is 14.8 Å². The Balaban J connectivity index is 1.52. The number of hydrogen-bond acceptors (Lipinski definition) is 4. The fourth-order valence-electron chi connectivity index (χ4n) is 2.80. The summed E-state index contributed by atoms with van der Waals surface area (Å²) in [7, 11) is -3.45. The lowest BCUT2D eigenvalue weighted by atomic mass is 10.2. The van der Waals surface area contributed by atoms with Crippen molar-refractivity contribution in [3.05, 3.63) is 60.7 Å². The lowest BCUT2D eigenvalue weighted by Crippen LogP contribution is -2.43. The molecular formula is C18H22N2O3S. The Morgan fingerprint density at radius 1 is 1.04 bits per heavy atom. The number of anilines is 1. The summed E-state index contributed by atoms with van der Waals surface area (Å²) in [5.41, 5.74) is 1.18. The largest absolute Gasteiger partial charge is 0.374 e. The minimum absolute atomic E-state index is 0.0254. The van der Waals surface area contributed by atoms with E-state index >= 15 is 0 Å². The molecule has 128 valence electrons. The van der Waals surface area contributed by atoms with Crippen molar-refractivity contribution in [1.82, 2.24) is 4.72 Å². The molecule has 5 nitrogen and oxygen atoms in total. The number of ether oxygens (including phenoxy) is 1. The van der Waals surface area contributed by atoms with Gasteiger partial charge in [-0.3, -0.25) is 0 Å². The number of nitrogens with zero attached hydrogens (tertiary/aromatic N) is 1. The Labute approximate surface area is 143 Å². The van der Waals surface area contributed by atoms with E-state index in [1.54, 1.807) is 30.3 Å². The molecule has 3 rings (SSSR count). The second-order valence-electron chi connectivity index (χ2n) is 5.77. The Morgan fingerprint density at radius 2 is 1.71 bits per heavy atom. The maximum atomic E-state index is 12.2. The van der Waals surface area contributed by atoms with Gasteiger partial charge in [-0.05, 0) is 30.7 Å². The van der Waals surface area contributed by atoms with Gasteiger partial charge in [0, 0.05) is 25.3 Å². The monoisotopic (exact) mass is 346 g/mol. The zero-order valence-electron chi connectivity index (χ0n) is 13.5. The van der Waals surface area contributed by atoms with Gasteiger partial charge in [-0.15, -0.1) is 0 Å². The number of nitrogens with one attached hydrogen (secondary N) is 1. The van der Waals surface area contributed by atoms with Crippen LogP contribution in [0.2, 0.25) is 0 Å². The van der Waals surface area contributed by atoms with Crippen molar-refractivity contribution in [3.63, 3.8) is 0 Å². The van der Waals surface area contributed by atoms with Gasteiger partial charge in [0.2, 0.25) is 10.0 Å². The highest BCUT2D eigenvalue weighted by Crippen LogP contribution is 2.18. The number of morpholine rings is 1. The standard InChI is InChI=1S/C18H22N2O3S/c21-24(22,18-9-5-2-6-10-18)19-12-11-17-15-20(13-14-23-17)16-7-3-1-4-8-16/h1-10,17,19H,11-15H2. The first-order valence-electron chi connectivity index (χ1n) is 8.11. The third kappa shape index (κ3) is 4.35. The normalized spacial score (nSPS) is 18.5. The van der Waals surface area contributed by atoms with Gasteiger partial charge in [-0.2, -0.15) is 0 Å². The molecule has 1 saturated heterocycles. The van der Waals surface area contributed by atoms with E-state index in [9.17, 15) is 8.42 Å². The summed E-state index contributed by atoms with van der Waals surface area (Å²) in [4.78, 5) is 2.57. The van der Waals surface area contributed by atoms with Crippen LogP contribution in [0.3, 0.4) is 0 Å². The first kappa shape index (κ1) is 17.0. The van der Waals surface area contributed by atoms with Crippen LogP contribution >= 0.6 is 0 Å². The number of para-hydroxylation sites is 1. The summed E-state index contributed by atoms with van der Waals surface area (Å²) in [5.74, 6) is 0. The Morgan fingerprint density at radius 3 is 2.42 bits per heavy atom. The van der Waals surface area contributed by atoms with Crippen LogP contribution in [0, 0.1) is 0 Å². The van der Waals surface area contributed by atoms with Crippen molar-refractivity contribution >= 4 is 15.7 Å². The van der Waals surface area contributed by atoms with Crippen molar-refractivity contribution in [3.8, 4) is 0 Å². The molecular weight excluding hydrogens is 324 g/mol. The van der Waals surface area contributed by atoms with Gasteiger partial charge in [-0.1, -0.05) is 36.4 Å². The molecule has 1 unspecified atom stereocenters. The van der Waals surface area contributed by atoms with Crippen LogP contribution in [0.4, 0.5) is 5.69 Å². The van der Waals surface area contributed by atoms with Gasteiger partial charge in [0.25, 0.3) is 0 Å². The van der Waals surface area contributed by atoms with Gasteiger partial charge in [0.15, 0.2) is 0 Å². The zero-order valence-corrected chi connectivity index (χ0v) is 14.3. The van der Waals surface area contributed by atoms with Gasteiger partial charge < -0.3 is 9.64 Å². The molecule has 24 heavy (non-hydrogen) atoms. The summed E-state index contributed by atoms with van der Waals surface area (Å²) >= 11 is 0. The van der Waals surface area contributed by atoms with E-state index in [1.165, 1.54) is 5.69 Å². The number of sulfonamides is 1. The van der Waals surface area contributed by atoms with E-state index in [0.717, 1.165) is 13.1 Å². The summed E-state index contributed by atoms with van der Waals surface area (Å²) in [6.45, 7) is 2.66. The minimum atomic E-state index is -3.45. The van der Waals surface area contributed by atoms with Crippen LogP contribution < -0.4 is 9.62 Å². The third-order valence-corrected chi connectivity index (χ3v) is 5.55. The van der Waals surface area contributed by atoms with Crippen LogP contribution in [0.5, 0.6) is 0 Å². The minimum Gasteiger partial charge on any atom is -0.374 e. The molecule has 1 fully saturated rings. The smallest absolute Gasteiger partial charge is 0.240 e. The van der Waals surface area contributed by atoms with Crippen LogP contribution in [-0.4, -0.2) is 40.8 Å². The number of benzene rings is 2. The SMILES string of the molecule is O=S(=O)(NCCC1CN(c2ccccc2)CCO1)c1ccccc1. The molecule has 0 aliphatic carbocycles. The molecule has 2 aromatic rings. The molecule has 6 heteroatoms. The maximum Gasteiger partial charge on any atom is 0.240 e. The van der Waals surface area contributed by atoms with Crippen molar-refractivity contribution in [2.45, 2.75) is 17.4 Å². The second kappa shape index (κ2) is 7.79. The average Bonchev–Trinajstić information content (AvgIpc) is 2.63. The van der Waals surface area contributed by atoms with Crippen LogP contribution in [0.1, 0.15) is 6.42 Å². The molecule has 0 bridgehead atoms. The molecule has 1 heterocycles. The number of hydrogen-bond donors (Lipinski definition) is 1. The average molecular weight is 346 g/mol. The van der Waals surface area contributed by atoms with E-state index in [-0.39, 0.29) is 6.10 Å². The van der Waals surface area contributed by atoms with Gasteiger partial charge in [0.1, 0.15) is 0 Å². The van der Waals surface area contributed by atoms with Crippen LogP contribution in [0.15, 0.2) is 65.6 Å². The zero-order chi connectivity index (χ0) is 16.8. The van der Waals surface area contributed by atoms with Gasteiger partial charge in [0.05, 0.1) is 17.6 Å². The van der Waals surface area contributed by atoms with Gasteiger partial charge in [-0.25, -0.2) is 13.1 Å². The molecule has 0 radical (unpaired) electrons. The third-order valence-electron chi connectivity index (χ3n) is 4.07. The van der Waals surface area contributed by atoms with Crippen molar-refractivity contribution in [2.75, 3.05) is 31.1 Å². The van der Waals surface area contributed by atoms with E-state index in [0.29, 0.717) is 24.5 Å². The Kier molecular flexibility index (Phi) is 5.50. The number of rotatable bonds is 6. The predicted octanol–water partition coefficient (Wildman–Crippen LogP) is 2.26. The summed E-state index contributed by atoms with van der Waals surface area (Å²) in [6.07, 6.45) is 0.674. The topological polar surface area (TPSA) is 58.6 Å². The molecule has 1 aliphatic rings.